The van der Waals surface area contributed by atoms with E-state index in [1.165, 1.54) is 0 Å². The molecule has 0 saturated carbocycles. The Kier molecular flexibility index (Phi) is 2.83. The van der Waals surface area contributed by atoms with Gasteiger partial charge in [-0.2, -0.15) is 9.61 Å². The minimum Gasteiger partial charge on any atom is -0.353 e. The van der Waals surface area contributed by atoms with Crippen molar-refractivity contribution < 1.29 is 0 Å². The molecule has 0 spiro atoms. The van der Waals surface area contributed by atoms with Crippen LogP contribution in [0.1, 0.15) is 24.7 Å². The second-order valence-electron chi connectivity index (χ2n) is 5.44. The standard InChI is InChI=1S/C14H17N7/c1-11-16-17-13-5-6-14(18-21(11)13)19-8-2-4-12(10-19)20-9-3-7-15-20/h3,5-7,9,12H,2,4,8,10H2,1H3. The number of aryl methyl sites for hydroxylation is 1. The van der Waals surface area contributed by atoms with Crippen LogP contribution in [0.25, 0.3) is 5.65 Å². The van der Waals surface area contributed by atoms with Gasteiger partial charge in [-0.3, -0.25) is 4.68 Å². The quantitative estimate of drug-likeness (QED) is 0.712. The molecular weight excluding hydrogens is 266 g/mol. The maximum absolute atomic E-state index is 4.66. The Labute approximate surface area is 122 Å². The summed E-state index contributed by atoms with van der Waals surface area (Å²) in [4.78, 5) is 2.31. The smallest absolute Gasteiger partial charge is 0.178 e. The van der Waals surface area contributed by atoms with Crippen LogP contribution in [-0.2, 0) is 0 Å². The predicted molar refractivity (Wildman–Crippen MR) is 78.2 cm³/mol. The van der Waals surface area contributed by atoms with Crippen molar-refractivity contribution in [3.63, 3.8) is 0 Å². The van der Waals surface area contributed by atoms with Gasteiger partial charge in [-0.25, -0.2) is 0 Å². The van der Waals surface area contributed by atoms with Crippen LogP contribution in [0.5, 0.6) is 0 Å². The van der Waals surface area contributed by atoms with E-state index in [0.717, 1.165) is 43.2 Å². The molecule has 0 aliphatic carbocycles. The van der Waals surface area contributed by atoms with Gasteiger partial charge in [0.25, 0.3) is 0 Å². The van der Waals surface area contributed by atoms with Crippen LogP contribution in [0.4, 0.5) is 5.82 Å². The molecule has 4 heterocycles. The number of fused-ring (bicyclic) bond motifs is 1. The van der Waals surface area contributed by atoms with Gasteiger partial charge in [0, 0.05) is 25.5 Å². The number of rotatable bonds is 2. The lowest BCUT2D eigenvalue weighted by Crippen LogP contribution is -2.37. The van der Waals surface area contributed by atoms with Crippen LogP contribution in [-0.4, -0.2) is 42.7 Å². The third kappa shape index (κ3) is 2.14. The minimum atomic E-state index is 0.410. The lowest BCUT2D eigenvalue weighted by atomic mass is 10.1. The van der Waals surface area contributed by atoms with Crippen LogP contribution >= 0.6 is 0 Å². The Morgan fingerprint density at radius 3 is 3.05 bits per heavy atom. The van der Waals surface area contributed by atoms with E-state index in [-0.39, 0.29) is 0 Å². The normalized spacial score (nSPS) is 19.3. The van der Waals surface area contributed by atoms with Gasteiger partial charge in [0.2, 0.25) is 0 Å². The number of piperidine rings is 1. The first kappa shape index (κ1) is 12.3. The first-order valence-electron chi connectivity index (χ1n) is 7.24. The van der Waals surface area contributed by atoms with E-state index in [9.17, 15) is 0 Å². The van der Waals surface area contributed by atoms with Crippen molar-refractivity contribution in [2.24, 2.45) is 0 Å². The highest BCUT2D eigenvalue weighted by Crippen LogP contribution is 2.24. The summed E-state index contributed by atoms with van der Waals surface area (Å²) < 4.78 is 3.85. The molecule has 1 aliphatic rings. The van der Waals surface area contributed by atoms with Gasteiger partial charge in [0.15, 0.2) is 11.5 Å². The molecule has 1 saturated heterocycles. The van der Waals surface area contributed by atoms with Crippen molar-refractivity contribution in [1.82, 2.24) is 29.6 Å². The van der Waals surface area contributed by atoms with Gasteiger partial charge in [0.05, 0.1) is 6.04 Å². The zero-order valence-electron chi connectivity index (χ0n) is 11.9. The van der Waals surface area contributed by atoms with E-state index in [1.807, 2.05) is 37.5 Å². The topological polar surface area (TPSA) is 64.1 Å². The lowest BCUT2D eigenvalue weighted by Gasteiger charge is -2.33. The molecule has 108 valence electrons. The molecule has 3 aromatic rings. The van der Waals surface area contributed by atoms with Gasteiger partial charge in [-0.15, -0.1) is 15.3 Å². The Morgan fingerprint density at radius 1 is 1.24 bits per heavy atom. The monoisotopic (exact) mass is 283 g/mol. The highest BCUT2D eigenvalue weighted by molar-refractivity contribution is 5.46. The van der Waals surface area contributed by atoms with Crippen molar-refractivity contribution in [3.05, 3.63) is 36.4 Å². The third-order valence-electron chi connectivity index (χ3n) is 4.02. The molecule has 3 aromatic heterocycles. The van der Waals surface area contributed by atoms with Gasteiger partial charge in [-0.1, -0.05) is 0 Å². The predicted octanol–water partition coefficient (Wildman–Crippen LogP) is 1.47. The maximum atomic E-state index is 4.66. The number of hydrogen-bond donors (Lipinski definition) is 0. The van der Waals surface area contributed by atoms with Gasteiger partial charge in [0.1, 0.15) is 5.82 Å². The Hall–Kier alpha value is -2.44. The van der Waals surface area contributed by atoms with Gasteiger partial charge < -0.3 is 4.90 Å². The molecule has 1 aliphatic heterocycles. The van der Waals surface area contributed by atoms with Crippen molar-refractivity contribution in [3.8, 4) is 0 Å². The summed E-state index contributed by atoms with van der Waals surface area (Å²) in [5, 5.41) is 17.2. The van der Waals surface area contributed by atoms with E-state index in [1.54, 1.807) is 4.52 Å². The summed E-state index contributed by atoms with van der Waals surface area (Å²) in [5.41, 5.74) is 0.789. The molecule has 7 heteroatoms. The maximum Gasteiger partial charge on any atom is 0.178 e. The summed E-state index contributed by atoms with van der Waals surface area (Å²) >= 11 is 0. The summed E-state index contributed by atoms with van der Waals surface area (Å²) in [5.74, 6) is 1.79. The van der Waals surface area contributed by atoms with E-state index in [4.69, 9.17) is 0 Å². The van der Waals surface area contributed by atoms with E-state index in [0.29, 0.717) is 6.04 Å². The fraction of sp³-hybridized carbons (Fsp3) is 0.429. The van der Waals surface area contributed by atoms with E-state index in [2.05, 4.69) is 30.0 Å². The Balaban J connectivity index is 1.63. The first-order chi connectivity index (χ1) is 10.3. The molecule has 4 rings (SSSR count). The fourth-order valence-corrected chi connectivity index (χ4v) is 2.93. The van der Waals surface area contributed by atoms with E-state index >= 15 is 0 Å². The zero-order chi connectivity index (χ0) is 14.2. The molecule has 1 atom stereocenters. The van der Waals surface area contributed by atoms with Gasteiger partial charge in [-0.05, 0) is 38.0 Å². The lowest BCUT2D eigenvalue weighted by molar-refractivity contribution is 0.374. The van der Waals surface area contributed by atoms with Crippen LogP contribution in [0.15, 0.2) is 30.6 Å². The number of aromatic nitrogens is 6. The molecule has 0 N–H and O–H groups in total. The van der Waals surface area contributed by atoms with Crippen molar-refractivity contribution in [1.29, 1.82) is 0 Å². The number of anilines is 1. The number of nitrogens with zero attached hydrogens (tertiary/aromatic N) is 7. The van der Waals surface area contributed by atoms with Crippen LogP contribution < -0.4 is 4.90 Å². The molecule has 0 radical (unpaired) electrons. The first-order valence-corrected chi connectivity index (χ1v) is 7.24. The largest absolute Gasteiger partial charge is 0.353 e. The van der Waals surface area contributed by atoms with Crippen molar-refractivity contribution in [2.45, 2.75) is 25.8 Å². The summed E-state index contributed by atoms with van der Waals surface area (Å²) in [6, 6.07) is 6.38. The fourth-order valence-electron chi connectivity index (χ4n) is 2.93. The summed E-state index contributed by atoms with van der Waals surface area (Å²) in [6.45, 7) is 3.87. The second-order valence-corrected chi connectivity index (χ2v) is 5.44. The second kappa shape index (κ2) is 4.83. The molecule has 0 aromatic carbocycles. The van der Waals surface area contributed by atoms with Crippen molar-refractivity contribution in [2.75, 3.05) is 18.0 Å². The number of hydrogen-bond acceptors (Lipinski definition) is 5. The molecular formula is C14H17N7. The Bertz CT molecular complexity index is 746. The molecule has 0 amide bonds. The molecule has 0 bridgehead atoms. The average molecular weight is 283 g/mol. The van der Waals surface area contributed by atoms with Crippen LogP contribution in [0, 0.1) is 6.92 Å². The minimum absolute atomic E-state index is 0.410. The third-order valence-corrected chi connectivity index (χ3v) is 4.02. The van der Waals surface area contributed by atoms with Crippen LogP contribution in [0.2, 0.25) is 0 Å². The summed E-state index contributed by atoms with van der Waals surface area (Å²) in [6.07, 6.45) is 6.18. The summed E-state index contributed by atoms with van der Waals surface area (Å²) in [7, 11) is 0. The highest BCUT2D eigenvalue weighted by Gasteiger charge is 2.22. The molecule has 7 nitrogen and oxygen atoms in total. The van der Waals surface area contributed by atoms with Crippen molar-refractivity contribution >= 4 is 11.5 Å². The van der Waals surface area contributed by atoms with Crippen LogP contribution in [0.3, 0.4) is 0 Å². The Morgan fingerprint density at radius 2 is 2.19 bits per heavy atom. The van der Waals surface area contributed by atoms with Gasteiger partial charge >= 0.3 is 0 Å². The molecule has 1 fully saturated rings. The SMILES string of the molecule is Cc1nnc2ccc(N3CCCC(n4cccn4)C3)nn12. The van der Waals surface area contributed by atoms with E-state index < -0.39 is 0 Å². The molecule has 1 unspecified atom stereocenters. The highest BCUT2D eigenvalue weighted by atomic mass is 15.4. The average Bonchev–Trinajstić information content (AvgIpc) is 3.18. The zero-order valence-corrected chi connectivity index (χ0v) is 11.9. The molecule has 21 heavy (non-hydrogen) atoms.